The van der Waals surface area contributed by atoms with Gasteiger partial charge in [0.15, 0.2) is 0 Å². The molecule has 0 fully saturated rings. The van der Waals surface area contributed by atoms with Crippen molar-refractivity contribution in [1.29, 1.82) is 0 Å². The summed E-state index contributed by atoms with van der Waals surface area (Å²) >= 11 is 6.17. The van der Waals surface area contributed by atoms with Gasteiger partial charge in [-0.25, -0.2) is 4.98 Å². The van der Waals surface area contributed by atoms with Crippen LogP contribution in [0.5, 0.6) is 0 Å². The molecule has 0 saturated heterocycles. The van der Waals surface area contributed by atoms with Crippen LogP contribution in [0.2, 0.25) is 5.02 Å². The molecule has 3 aromatic rings. The van der Waals surface area contributed by atoms with Crippen molar-refractivity contribution in [3.8, 4) is 0 Å². The van der Waals surface area contributed by atoms with Gasteiger partial charge < -0.3 is 10.3 Å². The number of hydrogen-bond donors (Lipinski definition) is 1. The molecule has 3 rings (SSSR count). The van der Waals surface area contributed by atoms with E-state index in [2.05, 4.69) is 36.2 Å². The molecule has 0 unspecified atom stereocenters. The predicted octanol–water partition coefficient (Wildman–Crippen LogP) is 3.88. The highest BCUT2D eigenvalue weighted by atomic mass is 35.5. The van der Waals surface area contributed by atoms with Crippen LogP contribution in [0.4, 0.5) is 5.95 Å². The molecule has 0 atom stereocenters. The first-order valence-corrected chi connectivity index (χ1v) is 7.05. The first kappa shape index (κ1) is 13.0. The van der Waals surface area contributed by atoms with Gasteiger partial charge in [0.05, 0.1) is 17.1 Å². The Hall–Kier alpha value is -2.00. The zero-order valence-corrected chi connectivity index (χ0v) is 12.1. The highest BCUT2D eigenvalue weighted by Gasteiger charge is 2.11. The van der Waals surface area contributed by atoms with Crippen molar-refractivity contribution in [2.75, 3.05) is 5.73 Å². The lowest BCUT2D eigenvalue weighted by molar-refractivity contribution is 0.825. The summed E-state index contributed by atoms with van der Waals surface area (Å²) in [5.41, 5.74) is 10.4. The largest absolute Gasteiger partial charge is 0.369 e. The van der Waals surface area contributed by atoms with E-state index in [0.717, 1.165) is 17.5 Å². The number of nitrogens with two attached hydrogens (primary N) is 1. The van der Waals surface area contributed by atoms with Crippen LogP contribution in [0.25, 0.3) is 11.0 Å². The summed E-state index contributed by atoms with van der Waals surface area (Å²) in [5.74, 6) is 0.499. The number of para-hydroxylation sites is 1. The van der Waals surface area contributed by atoms with Gasteiger partial charge in [-0.3, -0.25) is 0 Å². The van der Waals surface area contributed by atoms with Gasteiger partial charge in [-0.1, -0.05) is 48.9 Å². The monoisotopic (exact) mass is 285 g/mol. The normalized spacial score (nSPS) is 11.1. The fraction of sp³-hybridized carbons (Fsp3) is 0.188. The molecule has 2 aromatic carbocycles. The second-order valence-corrected chi connectivity index (χ2v) is 5.19. The molecule has 4 heteroatoms. The molecule has 1 heterocycles. The highest BCUT2D eigenvalue weighted by Crippen LogP contribution is 2.26. The van der Waals surface area contributed by atoms with Gasteiger partial charge in [-0.05, 0) is 29.7 Å². The van der Waals surface area contributed by atoms with Gasteiger partial charge in [-0.15, -0.1) is 0 Å². The lowest BCUT2D eigenvalue weighted by Crippen LogP contribution is -2.06. The molecule has 0 bridgehead atoms. The summed E-state index contributed by atoms with van der Waals surface area (Å²) in [6, 6.07) is 14.2. The zero-order chi connectivity index (χ0) is 14.1. The molecule has 0 aliphatic carbocycles. The first-order valence-electron chi connectivity index (χ1n) is 6.67. The Morgan fingerprint density at radius 3 is 2.60 bits per heavy atom. The van der Waals surface area contributed by atoms with E-state index >= 15 is 0 Å². The Morgan fingerprint density at radius 2 is 1.85 bits per heavy atom. The van der Waals surface area contributed by atoms with Crippen LogP contribution in [-0.4, -0.2) is 9.55 Å². The van der Waals surface area contributed by atoms with Crippen LogP contribution in [0.3, 0.4) is 0 Å². The van der Waals surface area contributed by atoms with Crippen LogP contribution in [0.1, 0.15) is 18.1 Å². The Kier molecular flexibility index (Phi) is 3.36. The molecule has 0 saturated carbocycles. The maximum atomic E-state index is 6.17. The maximum absolute atomic E-state index is 6.17. The van der Waals surface area contributed by atoms with E-state index < -0.39 is 0 Å². The van der Waals surface area contributed by atoms with Crippen LogP contribution < -0.4 is 5.73 Å². The van der Waals surface area contributed by atoms with Crippen molar-refractivity contribution in [1.82, 2.24) is 9.55 Å². The standard InChI is InChI=1S/C16H16ClN3/c1-2-11-6-3-4-7-12(11)10-20-14-9-5-8-13(17)15(14)19-16(20)18/h3-9H,2,10H2,1H3,(H2,18,19). The number of nitrogens with zero attached hydrogens (tertiary/aromatic N) is 2. The van der Waals surface area contributed by atoms with Gasteiger partial charge in [0.2, 0.25) is 5.95 Å². The van der Waals surface area contributed by atoms with Gasteiger partial charge in [0.25, 0.3) is 0 Å². The molecule has 0 aliphatic rings. The molecule has 0 aliphatic heterocycles. The van der Waals surface area contributed by atoms with E-state index in [4.69, 9.17) is 17.3 Å². The van der Waals surface area contributed by atoms with Crippen molar-refractivity contribution in [2.45, 2.75) is 19.9 Å². The number of nitrogen functional groups attached to an aromatic ring is 1. The molecule has 2 N–H and O–H groups in total. The lowest BCUT2D eigenvalue weighted by atomic mass is 10.1. The minimum Gasteiger partial charge on any atom is -0.369 e. The van der Waals surface area contributed by atoms with Crippen molar-refractivity contribution in [3.05, 3.63) is 58.6 Å². The van der Waals surface area contributed by atoms with E-state index in [-0.39, 0.29) is 0 Å². The lowest BCUT2D eigenvalue weighted by Gasteiger charge is -2.10. The number of halogens is 1. The minimum absolute atomic E-state index is 0.499. The number of benzene rings is 2. The second-order valence-electron chi connectivity index (χ2n) is 4.79. The quantitative estimate of drug-likeness (QED) is 0.793. The average molecular weight is 286 g/mol. The van der Waals surface area contributed by atoms with Crippen molar-refractivity contribution >= 4 is 28.6 Å². The van der Waals surface area contributed by atoms with Crippen molar-refractivity contribution in [3.63, 3.8) is 0 Å². The van der Waals surface area contributed by atoms with E-state index in [9.17, 15) is 0 Å². The summed E-state index contributed by atoms with van der Waals surface area (Å²) in [6.45, 7) is 2.87. The van der Waals surface area contributed by atoms with Crippen LogP contribution in [0.15, 0.2) is 42.5 Å². The fourth-order valence-corrected chi connectivity index (χ4v) is 2.74. The third kappa shape index (κ3) is 2.14. The van der Waals surface area contributed by atoms with Crippen LogP contribution in [-0.2, 0) is 13.0 Å². The summed E-state index contributed by atoms with van der Waals surface area (Å²) < 4.78 is 2.01. The Labute approximate surface area is 123 Å². The number of anilines is 1. The van der Waals surface area contributed by atoms with E-state index in [0.29, 0.717) is 17.5 Å². The summed E-state index contributed by atoms with van der Waals surface area (Å²) in [6.07, 6.45) is 1.00. The number of imidazole rings is 1. The fourth-order valence-electron chi connectivity index (χ4n) is 2.52. The highest BCUT2D eigenvalue weighted by molar-refractivity contribution is 6.35. The summed E-state index contributed by atoms with van der Waals surface area (Å²) in [4.78, 5) is 4.37. The van der Waals surface area contributed by atoms with Gasteiger partial charge >= 0.3 is 0 Å². The first-order chi connectivity index (χ1) is 9.70. The number of hydrogen-bond acceptors (Lipinski definition) is 2. The number of aromatic nitrogens is 2. The van der Waals surface area contributed by atoms with E-state index in [1.807, 2.05) is 22.8 Å². The maximum Gasteiger partial charge on any atom is 0.201 e. The second kappa shape index (κ2) is 5.17. The number of aryl methyl sites for hydroxylation is 1. The summed E-state index contributed by atoms with van der Waals surface area (Å²) in [7, 11) is 0. The Balaban J connectivity index is 2.11. The third-order valence-electron chi connectivity index (χ3n) is 3.59. The number of rotatable bonds is 3. The number of fused-ring (bicyclic) bond motifs is 1. The average Bonchev–Trinajstić information content (AvgIpc) is 2.78. The van der Waals surface area contributed by atoms with Gasteiger partial charge in [0.1, 0.15) is 5.52 Å². The minimum atomic E-state index is 0.499. The Bertz CT molecular complexity index is 762. The van der Waals surface area contributed by atoms with Crippen molar-refractivity contribution in [2.24, 2.45) is 0 Å². The molecule has 0 radical (unpaired) electrons. The predicted molar refractivity (Wildman–Crippen MR) is 84.1 cm³/mol. The molecule has 1 aromatic heterocycles. The smallest absolute Gasteiger partial charge is 0.201 e. The van der Waals surface area contributed by atoms with E-state index in [1.54, 1.807) is 0 Å². The molecule has 3 nitrogen and oxygen atoms in total. The summed E-state index contributed by atoms with van der Waals surface area (Å²) in [5, 5.41) is 0.636. The van der Waals surface area contributed by atoms with Gasteiger partial charge in [-0.2, -0.15) is 0 Å². The van der Waals surface area contributed by atoms with Crippen molar-refractivity contribution < 1.29 is 0 Å². The van der Waals surface area contributed by atoms with Crippen LogP contribution in [0, 0.1) is 0 Å². The van der Waals surface area contributed by atoms with Crippen LogP contribution >= 0.6 is 11.6 Å². The molecule has 0 spiro atoms. The molecular weight excluding hydrogens is 270 g/mol. The SMILES string of the molecule is CCc1ccccc1Cn1c(N)nc2c(Cl)cccc21. The van der Waals surface area contributed by atoms with E-state index in [1.165, 1.54) is 11.1 Å². The Morgan fingerprint density at radius 1 is 1.10 bits per heavy atom. The zero-order valence-electron chi connectivity index (χ0n) is 11.3. The van der Waals surface area contributed by atoms with Gasteiger partial charge in [0, 0.05) is 0 Å². The molecule has 0 amide bonds. The molecular formula is C16H16ClN3. The molecule has 20 heavy (non-hydrogen) atoms. The third-order valence-corrected chi connectivity index (χ3v) is 3.89. The topological polar surface area (TPSA) is 43.8 Å². The molecule has 102 valence electrons.